The molecule has 5 nitrogen and oxygen atoms in total. The molecule has 1 amide bonds. The van der Waals surface area contributed by atoms with E-state index in [1.165, 1.54) is 11.3 Å². The number of carbonyl (C=O) groups excluding carboxylic acids is 1. The predicted molar refractivity (Wildman–Crippen MR) is 76.2 cm³/mol. The number of aliphatic carboxylic acids is 1. The molecule has 1 heterocycles. The van der Waals surface area contributed by atoms with Crippen LogP contribution in [0.2, 0.25) is 0 Å². The van der Waals surface area contributed by atoms with Gasteiger partial charge in [0.05, 0.1) is 15.4 Å². The molecule has 104 valence electrons. The fourth-order valence-corrected chi connectivity index (χ4v) is 3.60. The second-order valence-electron chi connectivity index (χ2n) is 4.84. The summed E-state index contributed by atoms with van der Waals surface area (Å²) in [5.74, 6) is -1.13. The normalized spacial score (nSPS) is 17.9. The number of rotatable bonds is 4. The van der Waals surface area contributed by atoms with Gasteiger partial charge in [-0.1, -0.05) is 30.6 Å². The number of aromatic nitrogens is 1. The van der Waals surface area contributed by atoms with Crippen molar-refractivity contribution in [1.29, 1.82) is 0 Å². The Bertz CT molecular complexity index is 483. The lowest BCUT2D eigenvalue weighted by Gasteiger charge is -2.32. The molecule has 0 spiro atoms. The van der Waals surface area contributed by atoms with Crippen LogP contribution in [0.3, 0.4) is 0 Å². The maximum absolute atomic E-state index is 12.0. The van der Waals surface area contributed by atoms with Crippen molar-refractivity contribution in [2.45, 2.75) is 38.5 Å². The first-order chi connectivity index (χ1) is 9.02. The van der Waals surface area contributed by atoms with Gasteiger partial charge in [0.2, 0.25) is 5.91 Å². The lowest BCUT2D eigenvalue weighted by Crippen LogP contribution is -2.37. The molecule has 19 heavy (non-hydrogen) atoms. The molecule has 2 N–H and O–H groups in total. The second-order valence-corrected chi connectivity index (χ2v) is 7.25. The van der Waals surface area contributed by atoms with Gasteiger partial charge in [-0.25, -0.2) is 4.98 Å². The van der Waals surface area contributed by atoms with Gasteiger partial charge in [-0.2, -0.15) is 0 Å². The first-order valence-corrected chi connectivity index (χ1v) is 7.77. The van der Waals surface area contributed by atoms with E-state index < -0.39 is 11.4 Å². The van der Waals surface area contributed by atoms with Gasteiger partial charge in [0.25, 0.3) is 0 Å². The van der Waals surface area contributed by atoms with Crippen LogP contribution in [0.15, 0.2) is 9.98 Å². The number of hydrogen-bond acceptors (Lipinski definition) is 4. The number of anilines is 1. The molecule has 1 aromatic heterocycles. The summed E-state index contributed by atoms with van der Waals surface area (Å²) in [5.41, 5.74) is -0.892. The molecule has 0 saturated heterocycles. The third kappa shape index (κ3) is 3.54. The van der Waals surface area contributed by atoms with E-state index in [-0.39, 0.29) is 12.3 Å². The van der Waals surface area contributed by atoms with Gasteiger partial charge < -0.3 is 10.4 Å². The van der Waals surface area contributed by atoms with Crippen LogP contribution in [-0.4, -0.2) is 22.0 Å². The van der Waals surface area contributed by atoms with Gasteiger partial charge in [-0.15, -0.1) is 0 Å². The minimum atomic E-state index is -0.892. The number of hydrogen-bond donors (Lipinski definition) is 2. The predicted octanol–water partition coefficient (Wildman–Crippen LogP) is 3.27. The Morgan fingerprint density at radius 2 is 2.11 bits per heavy atom. The molecule has 7 heteroatoms. The Morgan fingerprint density at radius 1 is 1.42 bits per heavy atom. The number of nitrogens with one attached hydrogen (secondary N) is 1. The van der Waals surface area contributed by atoms with Crippen LogP contribution in [0.5, 0.6) is 0 Å². The van der Waals surface area contributed by atoms with E-state index in [0.29, 0.717) is 18.0 Å². The molecular weight excluding hydrogens is 332 g/mol. The first kappa shape index (κ1) is 14.5. The van der Waals surface area contributed by atoms with Crippen molar-refractivity contribution in [3.05, 3.63) is 9.98 Å². The lowest BCUT2D eigenvalue weighted by molar-refractivity contribution is -0.153. The molecule has 1 fully saturated rings. The zero-order valence-corrected chi connectivity index (χ0v) is 12.7. The minimum Gasteiger partial charge on any atom is -0.481 e. The van der Waals surface area contributed by atoms with Gasteiger partial charge in [0, 0.05) is 6.42 Å². The number of thiazole rings is 1. The fourth-order valence-electron chi connectivity index (χ4n) is 2.48. The standard InChI is InChI=1S/C12H15BrN2O3S/c13-8-7-14-11(19-8)15-9(16)6-12(10(17)18)4-2-1-3-5-12/h7H,1-6H2,(H,17,18)(H,14,15,16). The van der Waals surface area contributed by atoms with Crippen LogP contribution in [0.25, 0.3) is 0 Å². The van der Waals surface area contributed by atoms with E-state index in [1.807, 2.05) is 0 Å². The maximum atomic E-state index is 12.0. The summed E-state index contributed by atoms with van der Waals surface area (Å²) >= 11 is 4.58. The van der Waals surface area contributed by atoms with Crippen molar-refractivity contribution in [2.75, 3.05) is 5.32 Å². The van der Waals surface area contributed by atoms with Crippen LogP contribution >= 0.6 is 27.3 Å². The Labute approximate surface area is 123 Å². The van der Waals surface area contributed by atoms with Crippen molar-refractivity contribution < 1.29 is 14.7 Å². The van der Waals surface area contributed by atoms with E-state index in [4.69, 9.17) is 0 Å². The molecule has 1 saturated carbocycles. The SMILES string of the molecule is O=C(CC1(C(=O)O)CCCCC1)Nc1ncc(Br)s1. The average molecular weight is 347 g/mol. The molecule has 0 aromatic carbocycles. The molecule has 2 rings (SSSR count). The summed E-state index contributed by atoms with van der Waals surface area (Å²) in [6.45, 7) is 0. The Kier molecular flexibility index (Phi) is 4.57. The molecule has 0 atom stereocenters. The Hall–Kier alpha value is -0.950. The number of carboxylic acid groups (broad SMARTS) is 1. The summed E-state index contributed by atoms with van der Waals surface area (Å²) < 4.78 is 0.827. The largest absolute Gasteiger partial charge is 0.481 e. The Morgan fingerprint density at radius 3 is 2.63 bits per heavy atom. The number of nitrogens with zero attached hydrogens (tertiary/aromatic N) is 1. The summed E-state index contributed by atoms with van der Waals surface area (Å²) in [7, 11) is 0. The second kappa shape index (κ2) is 6.00. The van der Waals surface area contributed by atoms with Gasteiger partial charge in [-0.05, 0) is 28.8 Å². The Balaban J connectivity index is 2.01. The summed E-state index contributed by atoms with van der Waals surface area (Å²) in [6.07, 6.45) is 5.60. The van der Waals surface area contributed by atoms with Gasteiger partial charge in [-0.3, -0.25) is 9.59 Å². The van der Waals surface area contributed by atoms with E-state index in [9.17, 15) is 14.7 Å². The van der Waals surface area contributed by atoms with Crippen molar-refractivity contribution in [2.24, 2.45) is 5.41 Å². The molecule has 0 radical (unpaired) electrons. The highest BCUT2D eigenvalue weighted by atomic mass is 79.9. The zero-order chi connectivity index (χ0) is 13.9. The smallest absolute Gasteiger partial charge is 0.310 e. The third-order valence-electron chi connectivity index (χ3n) is 3.49. The summed E-state index contributed by atoms with van der Waals surface area (Å²) in [4.78, 5) is 27.5. The van der Waals surface area contributed by atoms with E-state index >= 15 is 0 Å². The van der Waals surface area contributed by atoms with Crippen molar-refractivity contribution >= 4 is 44.3 Å². The van der Waals surface area contributed by atoms with E-state index in [1.54, 1.807) is 6.20 Å². The number of halogens is 1. The zero-order valence-electron chi connectivity index (χ0n) is 10.3. The number of carbonyl (C=O) groups is 2. The summed E-state index contributed by atoms with van der Waals surface area (Å²) in [5, 5.41) is 12.6. The van der Waals surface area contributed by atoms with E-state index in [2.05, 4.69) is 26.2 Å². The van der Waals surface area contributed by atoms with Gasteiger partial charge >= 0.3 is 5.97 Å². The fraction of sp³-hybridized carbons (Fsp3) is 0.583. The molecule has 0 aliphatic heterocycles. The van der Waals surface area contributed by atoms with Crippen LogP contribution in [-0.2, 0) is 9.59 Å². The lowest BCUT2D eigenvalue weighted by atomic mass is 9.71. The van der Waals surface area contributed by atoms with Crippen LogP contribution < -0.4 is 5.32 Å². The third-order valence-corrected chi connectivity index (χ3v) is 4.88. The molecule has 1 aliphatic rings. The molecule has 1 aromatic rings. The van der Waals surface area contributed by atoms with Crippen LogP contribution in [0.1, 0.15) is 38.5 Å². The van der Waals surface area contributed by atoms with Gasteiger partial charge in [0.1, 0.15) is 0 Å². The van der Waals surface area contributed by atoms with Gasteiger partial charge in [0.15, 0.2) is 5.13 Å². The number of carboxylic acids is 1. The quantitative estimate of drug-likeness (QED) is 0.876. The highest BCUT2D eigenvalue weighted by Crippen LogP contribution is 2.40. The van der Waals surface area contributed by atoms with Crippen LogP contribution in [0, 0.1) is 5.41 Å². The molecule has 0 unspecified atom stereocenters. The van der Waals surface area contributed by atoms with Crippen molar-refractivity contribution in [3.63, 3.8) is 0 Å². The maximum Gasteiger partial charge on any atom is 0.310 e. The monoisotopic (exact) mass is 346 g/mol. The van der Waals surface area contributed by atoms with E-state index in [0.717, 1.165) is 23.0 Å². The topological polar surface area (TPSA) is 79.3 Å². The molecule has 1 aliphatic carbocycles. The molecule has 0 bridgehead atoms. The van der Waals surface area contributed by atoms with Crippen molar-refractivity contribution in [1.82, 2.24) is 4.98 Å². The minimum absolute atomic E-state index is 0.0273. The average Bonchev–Trinajstić information content (AvgIpc) is 2.75. The highest BCUT2D eigenvalue weighted by molar-refractivity contribution is 9.11. The summed E-state index contributed by atoms with van der Waals surface area (Å²) in [6, 6.07) is 0. The van der Waals surface area contributed by atoms with Crippen LogP contribution in [0.4, 0.5) is 5.13 Å². The first-order valence-electron chi connectivity index (χ1n) is 6.16. The van der Waals surface area contributed by atoms with Crippen molar-refractivity contribution in [3.8, 4) is 0 Å². The highest BCUT2D eigenvalue weighted by Gasteiger charge is 2.41. The molecular formula is C12H15BrN2O3S. The number of amides is 1.